The van der Waals surface area contributed by atoms with E-state index in [1.54, 1.807) is 50.3 Å². The van der Waals surface area contributed by atoms with Gasteiger partial charge in [-0.2, -0.15) is 0 Å². The highest BCUT2D eigenvalue weighted by atomic mass is 79.9. The van der Waals surface area contributed by atoms with Crippen molar-refractivity contribution in [1.29, 1.82) is 0 Å². The molecule has 11 heteroatoms. The summed E-state index contributed by atoms with van der Waals surface area (Å²) in [5.41, 5.74) is 1.34. The summed E-state index contributed by atoms with van der Waals surface area (Å²) in [5.74, 6) is -0.357. The quantitative estimate of drug-likeness (QED) is 0.263. The third-order valence-corrected chi connectivity index (χ3v) is 6.68. The molecule has 0 bridgehead atoms. The van der Waals surface area contributed by atoms with E-state index in [0.717, 1.165) is 22.2 Å². The van der Waals surface area contributed by atoms with Gasteiger partial charge >= 0.3 is 5.97 Å². The zero-order valence-electron chi connectivity index (χ0n) is 18.4. The van der Waals surface area contributed by atoms with Crippen LogP contribution in [0.1, 0.15) is 25.0 Å². The van der Waals surface area contributed by atoms with E-state index in [4.69, 9.17) is 37.4 Å². The van der Waals surface area contributed by atoms with E-state index in [1.165, 1.54) is 7.11 Å². The largest absolute Gasteiger partial charge is 0.493 e. The number of ether oxygens (including phenoxy) is 3. The molecule has 2 amide bonds. The molecule has 1 saturated heterocycles. The van der Waals surface area contributed by atoms with Crippen LogP contribution in [0.25, 0.3) is 6.08 Å². The van der Waals surface area contributed by atoms with Crippen molar-refractivity contribution in [2.45, 2.75) is 26.6 Å². The van der Waals surface area contributed by atoms with E-state index in [9.17, 15) is 14.4 Å². The molecule has 1 aliphatic rings. The molecule has 34 heavy (non-hydrogen) atoms. The van der Waals surface area contributed by atoms with Crippen molar-refractivity contribution in [3.05, 3.63) is 60.9 Å². The summed E-state index contributed by atoms with van der Waals surface area (Å²) in [7, 11) is 1.49. The number of hydrogen-bond donors (Lipinski definition) is 0. The molecule has 1 aliphatic heterocycles. The Morgan fingerprint density at radius 3 is 2.56 bits per heavy atom. The first-order chi connectivity index (χ1) is 16.1. The van der Waals surface area contributed by atoms with Crippen molar-refractivity contribution in [2.75, 3.05) is 13.7 Å². The van der Waals surface area contributed by atoms with Crippen molar-refractivity contribution < 1.29 is 28.6 Å². The van der Waals surface area contributed by atoms with Crippen LogP contribution in [0.4, 0.5) is 4.79 Å². The highest BCUT2D eigenvalue weighted by molar-refractivity contribution is 9.10. The summed E-state index contributed by atoms with van der Waals surface area (Å²) in [6.45, 7) is 3.12. The summed E-state index contributed by atoms with van der Waals surface area (Å²) in [6.07, 6.45) is 1.20. The van der Waals surface area contributed by atoms with E-state index in [1.807, 2.05) is 0 Å². The van der Waals surface area contributed by atoms with Gasteiger partial charge in [-0.25, -0.2) is 0 Å². The Labute approximate surface area is 219 Å². The number of rotatable bonds is 8. The summed E-state index contributed by atoms with van der Waals surface area (Å²) in [4.78, 5) is 37.9. The number of benzene rings is 2. The summed E-state index contributed by atoms with van der Waals surface area (Å²) in [6, 6.07) is 8.49. The number of hydrogen-bond acceptors (Lipinski definition) is 7. The fraction of sp³-hybridized carbons (Fsp3) is 0.261. The maximum Gasteiger partial charge on any atom is 0.326 e. The van der Waals surface area contributed by atoms with Crippen LogP contribution < -0.4 is 9.47 Å². The highest BCUT2D eigenvalue weighted by Gasteiger charge is 2.37. The maximum absolute atomic E-state index is 12.7. The summed E-state index contributed by atoms with van der Waals surface area (Å²) in [5, 5.41) is 0.467. The lowest BCUT2D eigenvalue weighted by atomic mass is 10.1. The van der Waals surface area contributed by atoms with Crippen molar-refractivity contribution in [2.24, 2.45) is 0 Å². The number of esters is 1. The average Bonchev–Trinajstić information content (AvgIpc) is 3.01. The average molecular weight is 589 g/mol. The van der Waals surface area contributed by atoms with Crippen molar-refractivity contribution in [3.8, 4) is 11.5 Å². The van der Waals surface area contributed by atoms with Crippen molar-refractivity contribution in [1.82, 2.24) is 4.90 Å². The van der Waals surface area contributed by atoms with E-state index in [-0.39, 0.29) is 17.6 Å². The number of thioether (sulfide) groups is 1. The number of methoxy groups -OCH3 is 1. The normalized spacial score (nSPS) is 14.8. The Balaban J connectivity index is 1.79. The number of nitrogens with zero attached hydrogens (tertiary/aromatic N) is 1. The van der Waals surface area contributed by atoms with E-state index < -0.39 is 23.7 Å². The van der Waals surface area contributed by atoms with Crippen LogP contribution in [-0.4, -0.2) is 41.8 Å². The Hall–Kier alpha value is -2.20. The molecular formula is C23H20BrCl2NO6S. The minimum absolute atomic E-state index is 0.173. The number of halogens is 3. The van der Waals surface area contributed by atoms with Gasteiger partial charge in [-0.1, -0.05) is 45.2 Å². The number of amides is 2. The molecule has 0 atom stereocenters. The van der Waals surface area contributed by atoms with Gasteiger partial charge < -0.3 is 14.2 Å². The summed E-state index contributed by atoms with van der Waals surface area (Å²) < 4.78 is 17.0. The van der Waals surface area contributed by atoms with Gasteiger partial charge in [-0.15, -0.1) is 0 Å². The third-order valence-electron chi connectivity index (χ3n) is 4.50. The van der Waals surface area contributed by atoms with Crippen LogP contribution in [0.2, 0.25) is 10.0 Å². The third kappa shape index (κ3) is 6.47. The van der Waals surface area contributed by atoms with Gasteiger partial charge in [-0.05, 0) is 61.5 Å². The van der Waals surface area contributed by atoms with Crippen LogP contribution in [0.5, 0.6) is 11.5 Å². The molecule has 0 unspecified atom stereocenters. The highest BCUT2D eigenvalue weighted by Crippen LogP contribution is 2.38. The van der Waals surface area contributed by atoms with Crippen LogP contribution in [0.15, 0.2) is 39.7 Å². The van der Waals surface area contributed by atoms with Crippen LogP contribution in [-0.2, 0) is 20.9 Å². The zero-order chi connectivity index (χ0) is 25.0. The van der Waals surface area contributed by atoms with Crippen molar-refractivity contribution in [3.63, 3.8) is 0 Å². The fourth-order valence-corrected chi connectivity index (χ4v) is 4.66. The van der Waals surface area contributed by atoms with E-state index >= 15 is 0 Å². The first-order valence-electron chi connectivity index (χ1n) is 9.98. The van der Waals surface area contributed by atoms with Gasteiger partial charge in [0.1, 0.15) is 13.2 Å². The fourth-order valence-electron chi connectivity index (χ4n) is 2.93. The number of carbonyl (C=O) groups excluding carboxylic acids is 3. The smallest absolute Gasteiger partial charge is 0.326 e. The van der Waals surface area contributed by atoms with Gasteiger partial charge in [0, 0.05) is 20.1 Å². The molecule has 0 aliphatic carbocycles. The topological polar surface area (TPSA) is 82.1 Å². The zero-order valence-corrected chi connectivity index (χ0v) is 22.3. The van der Waals surface area contributed by atoms with Crippen LogP contribution in [0.3, 0.4) is 0 Å². The minimum Gasteiger partial charge on any atom is -0.493 e. The molecule has 7 nitrogen and oxygen atoms in total. The number of carbonyl (C=O) groups is 3. The molecule has 2 aromatic rings. The lowest BCUT2D eigenvalue weighted by Crippen LogP contribution is -2.35. The molecular weight excluding hydrogens is 569 g/mol. The lowest BCUT2D eigenvalue weighted by Gasteiger charge is -2.14. The van der Waals surface area contributed by atoms with Crippen LogP contribution >= 0.6 is 50.9 Å². The second-order valence-electron chi connectivity index (χ2n) is 7.36. The first-order valence-corrected chi connectivity index (χ1v) is 12.3. The first kappa shape index (κ1) is 26.4. The summed E-state index contributed by atoms with van der Waals surface area (Å²) >= 11 is 16.4. The predicted molar refractivity (Wildman–Crippen MR) is 135 cm³/mol. The standard InChI is InChI=1S/C23H20BrCl2NO6S/c1-12(2)33-21(28)10-27-22(29)20(34-23(27)30)7-14-6-18(31-3)19(9-16(14)24)32-11-13-4-5-15(25)8-17(13)26/h4-9,12H,10-11H2,1-3H3/b20-7+. The molecule has 1 heterocycles. The monoisotopic (exact) mass is 587 g/mol. The molecule has 0 N–H and O–H groups in total. The molecule has 0 aromatic heterocycles. The molecule has 1 fully saturated rings. The van der Waals surface area contributed by atoms with Gasteiger partial charge in [0.15, 0.2) is 11.5 Å². The Kier molecular flexibility index (Phi) is 8.92. The van der Waals surface area contributed by atoms with Gasteiger partial charge in [0.2, 0.25) is 0 Å². The van der Waals surface area contributed by atoms with E-state index in [0.29, 0.717) is 31.6 Å². The van der Waals surface area contributed by atoms with Crippen molar-refractivity contribution >= 4 is 74.1 Å². The minimum atomic E-state index is -0.649. The van der Waals surface area contributed by atoms with Gasteiger partial charge in [0.25, 0.3) is 11.1 Å². The van der Waals surface area contributed by atoms with E-state index in [2.05, 4.69) is 15.9 Å². The molecule has 2 aromatic carbocycles. The maximum atomic E-state index is 12.7. The second-order valence-corrected chi connectivity index (χ2v) is 10.0. The lowest BCUT2D eigenvalue weighted by molar-refractivity contribution is -0.149. The predicted octanol–water partition coefficient (Wildman–Crippen LogP) is 6.33. The molecule has 3 rings (SSSR count). The Morgan fingerprint density at radius 2 is 1.91 bits per heavy atom. The SMILES string of the molecule is COc1cc(/C=C2/SC(=O)N(CC(=O)OC(C)C)C2=O)c(Br)cc1OCc1ccc(Cl)cc1Cl. The van der Waals surface area contributed by atoms with Gasteiger partial charge in [-0.3, -0.25) is 19.3 Å². The molecule has 0 radical (unpaired) electrons. The molecule has 0 spiro atoms. The molecule has 0 saturated carbocycles. The van der Waals surface area contributed by atoms with Gasteiger partial charge in [0.05, 0.1) is 18.1 Å². The van der Waals surface area contributed by atoms with Crippen LogP contribution in [0, 0.1) is 0 Å². The Bertz CT molecular complexity index is 1170. The molecule has 180 valence electrons. The second kappa shape index (κ2) is 11.5. The number of imide groups is 1. The Morgan fingerprint density at radius 1 is 1.18 bits per heavy atom.